The van der Waals surface area contributed by atoms with E-state index in [2.05, 4.69) is 5.32 Å². The second-order valence-electron chi connectivity index (χ2n) is 4.79. The molecule has 5 heteroatoms. The van der Waals surface area contributed by atoms with E-state index in [4.69, 9.17) is 11.6 Å². The largest absolute Gasteiger partial charge is 0.344 e. The van der Waals surface area contributed by atoms with Crippen LogP contribution in [0.15, 0.2) is 11.6 Å². The van der Waals surface area contributed by atoms with Crippen LogP contribution < -0.4 is 5.32 Å². The van der Waals surface area contributed by atoms with Gasteiger partial charge < -0.3 is 10.2 Å². The first-order chi connectivity index (χ1) is 8.13. The van der Waals surface area contributed by atoms with Crippen LogP contribution in [0.2, 0.25) is 0 Å². The minimum atomic E-state index is -0.323. The number of halogens is 1. The third kappa shape index (κ3) is 2.80. The highest BCUT2D eigenvalue weighted by atomic mass is 35.5. The summed E-state index contributed by atoms with van der Waals surface area (Å²) < 4.78 is 0. The summed E-state index contributed by atoms with van der Waals surface area (Å²) in [4.78, 5) is 25.7. The van der Waals surface area contributed by atoms with Gasteiger partial charge in [-0.25, -0.2) is 0 Å². The summed E-state index contributed by atoms with van der Waals surface area (Å²) in [5.74, 6) is 0.333. The second-order valence-corrected chi connectivity index (χ2v) is 5.04. The van der Waals surface area contributed by atoms with Crippen LogP contribution in [-0.2, 0) is 9.59 Å². The van der Waals surface area contributed by atoms with Gasteiger partial charge in [0.2, 0.25) is 11.8 Å². The van der Waals surface area contributed by atoms with Gasteiger partial charge >= 0.3 is 0 Å². The number of rotatable bonds is 3. The minimum Gasteiger partial charge on any atom is -0.344 e. The molecule has 0 bridgehead atoms. The summed E-state index contributed by atoms with van der Waals surface area (Å²) in [5, 5.41) is 2.84. The third-order valence-corrected chi connectivity index (χ3v) is 3.54. The Morgan fingerprint density at radius 1 is 1.47 bits per heavy atom. The standard InChI is InChI=1S/C12H17ClN2O2/c1-8-7-10(16)14-11(9-3-4-9)12(17)15(8)6-2-5-13/h2,5,8-9,11H,3-4,6-7H2,1H3,(H,14,16)/b5-2+. The van der Waals surface area contributed by atoms with E-state index < -0.39 is 0 Å². The Labute approximate surface area is 106 Å². The molecule has 2 amide bonds. The van der Waals surface area contributed by atoms with Crippen LogP contribution in [0.5, 0.6) is 0 Å². The van der Waals surface area contributed by atoms with Crippen molar-refractivity contribution in [3.8, 4) is 0 Å². The average Bonchev–Trinajstić information content (AvgIpc) is 3.09. The Bertz CT molecular complexity index is 352. The molecule has 0 aromatic heterocycles. The van der Waals surface area contributed by atoms with Gasteiger partial charge in [-0.2, -0.15) is 0 Å². The van der Waals surface area contributed by atoms with Gasteiger partial charge in [-0.15, -0.1) is 0 Å². The van der Waals surface area contributed by atoms with Gasteiger partial charge in [0, 0.05) is 24.5 Å². The molecule has 2 aliphatic rings. The quantitative estimate of drug-likeness (QED) is 0.826. The molecule has 2 rings (SSSR count). The molecule has 17 heavy (non-hydrogen) atoms. The molecule has 1 heterocycles. The van der Waals surface area contributed by atoms with Crippen LogP contribution in [0.3, 0.4) is 0 Å². The molecule has 1 saturated carbocycles. The fourth-order valence-corrected chi connectivity index (χ4v) is 2.32. The van der Waals surface area contributed by atoms with Gasteiger partial charge in [0.05, 0.1) is 0 Å². The molecular weight excluding hydrogens is 240 g/mol. The molecule has 2 unspecified atom stereocenters. The van der Waals surface area contributed by atoms with Crippen molar-refractivity contribution >= 4 is 23.4 Å². The SMILES string of the molecule is CC1CC(=O)NC(C2CC2)C(=O)N1C/C=C/Cl. The van der Waals surface area contributed by atoms with Crippen LogP contribution in [0.25, 0.3) is 0 Å². The molecule has 1 saturated heterocycles. The van der Waals surface area contributed by atoms with E-state index in [1.165, 1.54) is 5.54 Å². The highest BCUT2D eigenvalue weighted by Crippen LogP contribution is 2.34. The molecule has 4 nitrogen and oxygen atoms in total. The maximum absolute atomic E-state index is 12.3. The molecule has 1 aliphatic heterocycles. The highest BCUT2D eigenvalue weighted by Gasteiger charge is 2.42. The average molecular weight is 257 g/mol. The molecule has 0 spiro atoms. The first kappa shape index (κ1) is 12.4. The molecule has 0 aromatic carbocycles. The number of hydrogen-bond donors (Lipinski definition) is 1. The second kappa shape index (κ2) is 5.08. The van der Waals surface area contributed by atoms with E-state index in [9.17, 15) is 9.59 Å². The lowest BCUT2D eigenvalue weighted by molar-refractivity contribution is -0.134. The van der Waals surface area contributed by atoms with Crippen molar-refractivity contribution < 1.29 is 9.59 Å². The predicted octanol–water partition coefficient (Wildman–Crippen LogP) is 1.25. The Morgan fingerprint density at radius 2 is 2.18 bits per heavy atom. The summed E-state index contributed by atoms with van der Waals surface area (Å²) in [5.41, 5.74) is 1.41. The number of nitrogens with zero attached hydrogens (tertiary/aromatic N) is 1. The summed E-state index contributed by atoms with van der Waals surface area (Å²) in [7, 11) is 0. The first-order valence-electron chi connectivity index (χ1n) is 5.98. The monoisotopic (exact) mass is 256 g/mol. The lowest BCUT2D eigenvalue weighted by atomic mass is 10.1. The molecule has 2 fully saturated rings. The van der Waals surface area contributed by atoms with E-state index in [0.29, 0.717) is 18.9 Å². The number of carbonyl (C=O) groups is 2. The summed E-state index contributed by atoms with van der Waals surface area (Å²) in [6.07, 6.45) is 4.16. The van der Waals surface area contributed by atoms with E-state index in [0.717, 1.165) is 12.8 Å². The van der Waals surface area contributed by atoms with E-state index >= 15 is 0 Å². The Kier molecular flexibility index (Phi) is 3.72. The maximum Gasteiger partial charge on any atom is 0.245 e. The molecule has 0 radical (unpaired) electrons. The van der Waals surface area contributed by atoms with Crippen molar-refractivity contribution in [3.63, 3.8) is 0 Å². The normalized spacial score (nSPS) is 30.6. The van der Waals surface area contributed by atoms with Gasteiger partial charge in [-0.05, 0) is 25.7 Å². The molecule has 2 atom stereocenters. The zero-order chi connectivity index (χ0) is 12.4. The van der Waals surface area contributed by atoms with Crippen LogP contribution in [0.1, 0.15) is 26.2 Å². The Balaban J connectivity index is 2.15. The van der Waals surface area contributed by atoms with Crippen LogP contribution >= 0.6 is 11.6 Å². The lowest BCUT2D eigenvalue weighted by Gasteiger charge is -2.27. The first-order valence-corrected chi connectivity index (χ1v) is 6.42. The van der Waals surface area contributed by atoms with Crippen molar-refractivity contribution in [2.75, 3.05) is 6.54 Å². The van der Waals surface area contributed by atoms with Gasteiger partial charge in [-0.1, -0.05) is 17.7 Å². The number of hydrogen-bond acceptors (Lipinski definition) is 2. The van der Waals surface area contributed by atoms with Gasteiger partial charge in [0.15, 0.2) is 0 Å². The van der Waals surface area contributed by atoms with Crippen molar-refractivity contribution in [2.24, 2.45) is 5.92 Å². The van der Waals surface area contributed by atoms with Gasteiger partial charge in [0.1, 0.15) is 6.04 Å². The highest BCUT2D eigenvalue weighted by molar-refractivity contribution is 6.25. The maximum atomic E-state index is 12.3. The molecule has 1 N–H and O–H groups in total. The lowest BCUT2D eigenvalue weighted by Crippen LogP contribution is -2.47. The zero-order valence-electron chi connectivity index (χ0n) is 9.86. The topological polar surface area (TPSA) is 49.4 Å². The number of amides is 2. The van der Waals surface area contributed by atoms with Crippen molar-refractivity contribution in [1.29, 1.82) is 0 Å². The van der Waals surface area contributed by atoms with Gasteiger partial charge in [-0.3, -0.25) is 9.59 Å². The molecule has 0 aromatic rings. The third-order valence-electron chi connectivity index (χ3n) is 3.36. The molecule has 94 valence electrons. The smallest absolute Gasteiger partial charge is 0.245 e. The van der Waals surface area contributed by atoms with Crippen LogP contribution in [0, 0.1) is 5.92 Å². The minimum absolute atomic E-state index is 0.0277. The summed E-state index contributed by atoms with van der Waals surface area (Å²) in [6.45, 7) is 2.37. The van der Waals surface area contributed by atoms with E-state index in [1.807, 2.05) is 6.92 Å². The fraction of sp³-hybridized carbons (Fsp3) is 0.667. The Morgan fingerprint density at radius 3 is 2.76 bits per heavy atom. The number of nitrogens with one attached hydrogen (secondary N) is 1. The van der Waals surface area contributed by atoms with Crippen LogP contribution in [-0.4, -0.2) is 35.3 Å². The van der Waals surface area contributed by atoms with E-state index in [-0.39, 0.29) is 23.9 Å². The molecular formula is C12H17ClN2O2. The van der Waals surface area contributed by atoms with Crippen molar-refractivity contribution in [2.45, 2.75) is 38.3 Å². The fourth-order valence-electron chi connectivity index (χ4n) is 2.24. The predicted molar refractivity (Wildman–Crippen MR) is 65.4 cm³/mol. The van der Waals surface area contributed by atoms with Crippen molar-refractivity contribution in [3.05, 3.63) is 11.6 Å². The summed E-state index contributed by atoms with van der Waals surface area (Å²) in [6, 6.07) is -0.393. The Hall–Kier alpha value is -1.03. The number of carbonyl (C=O) groups excluding carboxylic acids is 2. The van der Waals surface area contributed by atoms with E-state index in [1.54, 1.807) is 11.0 Å². The zero-order valence-corrected chi connectivity index (χ0v) is 10.6. The van der Waals surface area contributed by atoms with Gasteiger partial charge in [0.25, 0.3) is 0 Å². The summed E-state index contributed by atoms with van der Waals surface area (Å²) >= 11 is 5.50. The molecule has 1 aliphatic carbocycles. The van der Waals surface area contributed by atoms with Crippen LogP contribution in [0.4, 0.5) is 0 Å². The van der Waals surface area contributed by atoms with Crippen molar-refractivity contribution in [1.82, 2.24) is 10.2 Å².